The average Bonchev–Trinajstić information content (AvgIpc) is 1.91. The van der Waals surface area contributed by atoms with Crippen molar-refractivity contribution in [1.29, 1.82) is 0 Å². The van der Waals surface area contributed by atoms with Crippen molar-refractivity contribution in [3.63, 3.8) is 0 Å². The van der Waals surface area contributed by atoms with Crippen molar-refractivity contribution < 1.29 is 50.8 Å². The molecule has 0 saturated heterocycles. The summed E-state index contributed by atoms with van der Waals surface area (Å²) < 4.78 is 14.5. The third kappa shape index (κ3) is 3.61. The van der Waals surface area contributed by atoms with Gasteiger partial charge in [-0.25, -0.2) is 4.57 Å². The van der Waals surface area contributed by atoms with Crippen molar-refractivity contribution in [3.05, 3.63) is 30.3 Å². The van der Waals surface area contributed by atoms with Gasteiger partial charge < -0.3 is 4.52 Å². The van der Waals surface area contributed by atoms with Gasteiger partial charge in [-0.1, -0.05) is 18.2 Å². The van der Waals surface area contributed by atoms with E-state index in [-0.39, 0.29) is 50.4 Å². The number of para-hydroxylation sites is 1. The van der Waals surface area contributed by atoms with Crippen molar-refractivity contribution in [2.24, 2.45) is 0 Å². The van der Waals surface area contributed by atoms with E-state index in [9.17, 15) is 4.57 Å². The molecule has 1 rings (SSSR count). The topological polar surface area (TPSA) is 26.3 Å². The molecule has 0 aliphatic carbocycles. The van der Waals surface area contributed by atoms with Crippen LogP contribution in [0.15, 0.2) is 30.3 Å². The van der Waals surface area contributed by atoms with Crippen molar-refractivity contribution in [2.45, 2.75) is 0 Å². The Kier molecular flexibility index (Phi) is 6.53. The summed E-state index contributed by atoms with van der Waals surface area (Å²) in [6, 6.07) is 8.99. The Morgan fingerprint density at radius 1 is 1.20 bits per heavy atom. The standard InChI is InChI=1S/C6H5O2P.Ce/c7-9-8-6-4-2-1-3-5-6;/h1-5H;. The molecule has 0 bridgehead atoms. The Morgan fingerprint density at radius 2 is 1.80 bits per heavy atom. The second kappa shape index (κ2) is 6.22. The third-order valence-corrected chi connectivity index (χ3v) is 1.17. The summed E-state index contributed by atoms with van der Waals surface area (Å²) in [5.74, 6) is 0.620. The Morgan fingerprint density at radius 3 is 2.30 bits per heavy atom. The van der Waals surface area contributed by atoms with Crippen LogP contribution < -0.4 is 4.52 Å². The summed E-state index contributed by atoms with van der Waals surface area (Å²) in [6.07, 6.45) is 0. The van der Waals surface area contributed by atoms with Crippen LogP contribution in [-0.2, 0) is 4.57 Å². The number of hydrogen-bond donors (Lipinski definition) is 0. The first kappa shape index (κ1) is 10.5. The van der Waals surface area contributed by atoms with E-state index in [1.807, 2.05) is 18.2 Å². The largest absolute Gasteiger partial charge is 0.408 e. The van der Waals surface area contributed by atoms with Gasteiger partial charge >= 0.3 is 8.69 Å². The quantitative estimate of drug-likeness (QED) is 0.777. The Bertz CT molecular complexity index is 190. The summed E-state index contributed by atoms with van der Waals surface area (Å²) in [6.45, 7) is 0. The van der Waals surface area contributed by atoms with E-state index in [1.165, 1.54) is 0 Å². The molecule has 0 radical (unpaired) electrons. The SMILES string of the molecule is O=POc1ccccc1.[Ce]. The second-order valence-corrected chi connectivity index (χ2v) is 1.81. The zero-order valence-electron chi connectivity index (χ0n) is 5.15. The van der Waals surface area contributed by atoms with Gasteiger partial charge in [-0.05, 0) is 12.1 Å². The van der Waals surface area contributed by atoms with Crippen molar-refractivity contribution in [1.82, 2.24) is 0 Å². The normalized spacial score (nSPS) is 8.40. The summed E-state index contributed by atoms with van der Waals surface area (Å²) in [5, 5.41) is 0. The van der Waals surface area contributed by atoms with Gasteiger partial charge in [-0.2, -0.15) is 0 Å². The van der Waals surface area contributed by atoms with Crippen LogP contribution in [0.5, 0.6) is 5.75 Å². The van der Waals surface area contributed by atoms with Crippen LogP contribution in [0.3, 0.4) is 0 Å². The molecule has 50 valence electrons. The monoisotopic (exact) mass is 280 g/mol. The van der Waals surface area contributed by atoms with Gasteiger partial charge in [0.05, 0.1) is 0 Å². The summed E-state index contributed by atoms with van der Waals surface area (Å²) in [5.41, 5.74) is 0. The van der Waals surface area contributed by atoms with Crippen molar-refractivity contribution in [3.8, 4) is 5.75 Å². The predicted octanol–water partition coefficient (Wildman–Crippen LogP) is 2.27. The number of benzene rings is 1. The maximum absolute atomic E-state index is 9.85. The smallest absolute Gasteiger partial charge is 0.395 e. The third-order valence-electron chi connectivity index (χ3n) is 0.886. The molecule has 0 aromatic heterocycles. The molecule has 10 heavy (non-hydrogen) atoms. The Labute approximate surface area is 94.6 Å². The molecule has 0 aliphatic rings. The van der Waals surface area contributed by atoms with Gasteiger partial charge in [0.1, 0.15) is 5.75 Å². The van der Waals surface area contributed by atoms with Crippen LogP contribution in [0.1, 0.15) is 0 Å². The van der Waals surface area contributed by atoms with Crippen LogP contribution in [0, 0.1) is 41.7 Å². The molecule has 0 unspecified atom stereocenters. The molecule has 0 fully saturated rings. The van der Waals surface area contributed by atoms with Crippen LogP contribution >= 0.6 is 8.69 Å². The molecular weight excluding hydrogens is 275 g/mol. The first-order valence-corrected chi connectivity index (χ1v) is 3.21. The van der Waals surface area contributed by atoms with E-state index < -0.39 is 0 Å². The molecule has 1 aromatic rings. The van der Waals surface area contributed by atoms with Crippen LogP contribution in [0.25, 0.3) is 0 Å². The van der Waals surface area contributed by atoms with E-state index in [0.29, 0.717) is 5.75 Å². The van der Waals surface area contributed by atoms with Gasteiger partial charge in [0.15, 0.2) is 0 Å². The zero-order chi connectivity index (χ0) is 6.53. The van der Waals surface area contributed by atoms with Gasteiger partial charge in [-0.3, -0.25) is 0 Å². The summed E-state index contributed by atoms with van der Waals surface area (Å²) in [4.78, 5) is 0. The van der Waals surface area contributed by atoms with Crippen molar-refractivity contribution in [2.75, 3.05) is 0 Å². The number of hydrogen-bond acceptors (Lipinski definition) is 2. The number of rotatable bonds is 2. The molecule has 0 spiro atoms. The van der Waals surface area contributed by atoms with E-state index in [4.69, 9.17) is 0 Å². The summed E-state index contributed by atoms with van der Waals surface area (Å²) in [7, 11) is -0.305. The molecule has 4 heteroatoms. The molecule has 0 heterocycles. The second-order valence-electron chi connectivity index (χ2n) is 1.48. The molecule has 0 amide bonds. The minimum Gasteiger partial charge on any atom is -0.408 e. The van der Waals surface area contributed by atoms with E-state index >= 15 is 0 Å². The van der Waals surface area contributed by atoms with Gasteiger partial charge in [0.2, 0.25) is 0 Å². The zero-order valence-corrected chi connectivity index (χ0v) is 9.18. The fraction of sp³-hybridized carbons (Fsp3) is 0. The molecule has 0 aliphatic heterocycles. The fourth-order valence-corrected chi connectivity index (χ4v) is 0.732. The van der Waals surface area contributed by atoms with Gasteiger partial charge in [0.25, 0.3) is 0 Å². The van der Waals surface area contributed by atoms with E-state index in [0.717, 1.165) is 0 Å². The Hall–Kier alpha value is 0.497. The molecule has 0 saturated carbocycles. The fourth-order valence-electron chi connectivity index (χ4n) is 0.524. The molecule has 2 nitrogen and oxygen atoms in total. The van der Waals surface area contributed by atoms with E-state index in [2.05, 4.69) is 4.52 Å². The molecular formula is C6H5CeO2P. The van der Waals surface area contributed by atoms with Crippen LogP contribution in [0.2, 0.25) is 0 Å². The maximum Gasteiger partial charge on any atom is 0.395 e. The molecule has 0 N–H and O–H groups in total. The van der Waals surface area contributed by atoms with Crippen molar-refractivity contribution >= 4 is 8.69 Å². The van der Waals surface area contributed by atoms with E-state index in [1.54, 1.807) is 12.1 Å². The Balaban J connectivity index is 0.000000810. The van der Waals surface area contributed by atoms with Gasteiger partial charge in [-0.15, -0.1) is 0 Å². The average molecular weight is 280 g/mol. The maximum atomic E-state index is 9.85. The first-order valence-electron chi connectivity index (χ1n) is 2.48. The van der Waals surface area contributed by atoms with Crippen LogP contribution in [0.4, 0.5) is 0 Å². The van der Waals surface area contributed by atoms with Gasteiger partial charge in [0, 0.05) is 41.7 Å². The van der Waals surface area contributed by atoms with Crippen LogP contribution in [-0.4, -0.2) is 0 Å². The molecule has 1 aromatic carbocycles. The summed E-state index contributed by atoms with van der Waals surface area (Å²) >= 11 is 0. The minimum absolute atomic E-state index is 0. The predicted molar refractivity (Wildman–Crippen MR) is 34.7 cm³/mol. The molecule has 0 atom stereocenters. The minimum atomic E-state index is -0.305. The first-order chi connectivity index (χ1) is 4.43.